The fourth-order valence-corrected chi connectivity index (χ4v) is 3.12. The predicted molar refractivity (Wildman–Crippen MR) is 104 cm³/mol. The Morgan fingerprint density at radius 2 is 1.31 bits per heavy atom. The number of hydrogen-bond acceptors (Lipinski definition) is 11. The number of carbonyl (C=O) groups is 1. The lowest BCUT2D eigenvalue weighted by Crippen LogP contribution is -2.33. The molecule has 0 spiro atoms. The van der Waals surface area contributed by atoms with Gasteiger partial charge in [0.1, 0.15) is 23.1 Å². The van der Waals surface area contributed by atoms with Gasteiger partial charge in [0.2, 0.25) is 11.9 Å². The summed E-state index contributed by atoms with van der Waals surface area (Å²) in [7, 11) is 0. The minimum atomic E-state index is -1.61. The van der Waals surface area contributed by atoms with Crippen LogP contribution in [-0.4, -0.2) is 55.4 Å². The topological polar surface area (TPSA) is 221 Å². The minimum Gasteiger partial charge on any atom is -0.366 e. The van der Waals surface area contributed by atoms with E-state index in [0.29, 0.717) is 0 Å². The molecule has 15 nitrogen and oxygen atoms in total. The highest BCUT2D eigenvalue weighted by molar-refractivity contribution is 6.02. The average molecular weight is 438 g/mol. The van der Waals surface area contributed by atoms with Crippen LogP contribution in [0.25, 0.3) is 11.6 Å². The van der Waals surface area contributed by atoms with Crippen molar-refractivity contribution < 1.29 is 9.18 Å². The molecule has 6 N–H and O–H groups in total. The van der Waals surface area contributed by atoms with E-state index in [0.717, 1.165) is 21.2 Å². The first-order chi connectivity index (χ1) is 15.3. The Balaban J connectivity index is 1.78. The number of nitrogen functional groups attached to an aromatic ring is 2. The number of aromatic nitrogens is 10. The molecule has 0 radical (unpaired) electrons. The molecule has 160 valence electrons. The molecule has 0 fully saturated rings. The Labute approximate surface area is 173 Å². The van der Waals surface area contributed by atoms with Gasteiger partial charge in [0, 0.05) is 5.56 Å². The van der Waals surface area contributed by atoms with Gasteiger partial charge in [0.05, 0.1) is 0 Å². The molecule has 1 aromatic carbocycles. The second-order valence-electron chi connectivity index (χ2n) is 6.57. The van der Waals surface area contributed by atoms with Crippen molar-refractivity contribution in [1.82, 2.24) is 49.6 Å². The SMILES string of the molecule is Nc1nnc2nc(C(C(=O)c3ccc(F)cc3)c3nc4nnc(N)n4[nH]c3=O)c(=O)[nH]n12. The van der Waals surface area contributed by atoms with Crippen LogP contribution in [0.3, 0.4) is 0 Å². The third kappa shape index (κ3) is 2.85. The lowest BCUT2D eigenvalue weighted by Gasteiger charge is -2.14. The van der Waals surface area contributed by atoms with Gasteiger partial charge in [-0.1, -0.05) is 0 Å². The predicted octanol–water partition coefficient (Wildman–Crippen LogP) is -1.74. The van der Waals surface area contributed by atoms with Gasteiger partial charge >= 0.3 is 0 Å². The molecule has 0 saturated carbocycles. The summed E-state index contributed by atoms with van der Waals surface area (Å²) >= 11 is 0. The summed E-state index contributed by atoms with van der Waals surface area (Å²) in [4.78, 5) is 47.2. The number of hydrogen-bond donors (Lipinski definition) is 4. The molecule has 4 heterocycles. The largest absolute Gasteiger partial charge is 0.366 e. The van der Waals surface area contributed by atoms with Crippen molar-refractivity contribution in [3.05, 3.63) is 67.7 Å². The van der Waals surface area contributed by atoms with Crippen LogP contribution in [0.4, 0.5) is 16.3 Å². The number of benzene rings is 1. The number of ketones is 1. The van der Waals surface area contributed by atoms with Gasteiger partial charge in [0.25, 0.3) is 22.7 Å². The van der Waals surface area contributed by atoms with E-state index in [1.165, 1.54) is 12.1 Å². The Bertz CT molecular complexity index is 1540. The summed E-state index contributed by atoms with van der Waals surface area (Å²) in [6, 6.07) is 4.53. The van der Waals surface area contributed by atoms with Crippen LogP contribution in [0.2, 0.25) is 0 Å². The van der Waals surface area contributed by atoms with Crippen molar-refractivity contribution >= 4 is 29.2 Å². The first-order valence-electron chi connectivity index (χ1n) is 8.85. The van der Waals surface area contributed by atoms with Crippen molar-refractivity contribution in [3.8, 4) is 0 Å². The van der Waals surface area contributed by atoms with Gasteiger partial charge in [0.15, 0.2) is 5.78 Å². The Morgan fingerprint density at radius 3 is 1.78 bits per heavy atom. The first kappa shape index (κ1) is 19.0. The quantitative estimate of drug-likeness (QED) is 0.230. The minimum absolute atomic E-state index is 0.000471. The average Bonchev–Trinajstić information content (AvgIpc) is 3.31. The first-order valence-corrected chi connectivity index (χ1v) is 8.85. The molecular formula is C16H11FN12O3. The third-order valence-electron chi connectivity index (χ3n) is 4.61. The molecule has 0 unspecified atom stereocenters. The van der Waals surface area contributed by atoms with E-state index < -0.39 is 40.0 Å². The zero-order valence-corrected chi connectivity index (χ0v) is 15.7. The molecular weight excluding hydrogens is 427 g/mol. The monoisotopic (exact) mass is 438 g/mol. The number of H-pyrrole nitrogens is 2. The number of carbonyl (C=O) groups excluding carboxylic acids is 1. The summed E-state index contributed by atoms with van der Waals surface area (Å²) in [6.45, 7) is 0. The molecule has 0 aliphatic carbocycles. The van der Waals surface area contributed by atoms with Gasteiger partial charge in [-0.2, -0.15) is 9.03 Å². The van der Waals surface area contributed by atoms with E-state index >= 15 is 0 Å². The van der Waals surface area contributed by atoms with E-state index in [9.17, 15) is 18.8 Å². The molecule has 0 bridgehead atoms. The van der Waals surface area contributed by atoms with Gasteiger partial charge < -0.3 is 11.5 Å². The number of halogens is 1. The second kappa shape index (κ2) is 6.76. The maximum Gasteiger partial charge on any atom is 0.286 e. The van der Waals surface area contributed by atoms with E-state index in [1.807, 2.05) is 0 Å². The molecule has 32 heavy (non-hydrogen) atoms. The zero-order chi connectivity index (χ0) is 22.6. The van der Waals surface area contributed by atoms with Crippen molar-refractivity contribution in [2.75, 3.05) is 11.5 Å². The highest BCUT2D eigenvalue weighted by atomic mass is 19.1. The van der Waals surface area contributed by atoms with Crippen LogP contribution in [0.15, 0.2) is 33.9 Å². The van der Waals surface area contributed by atoms with E-state index in [1.54, 1.807) is 0 Å². The van der Waals surface area contributed by atoms with Crippen LogP contribution in [0, 0.1) is 5.82 Å². The van der Waals surface area contributed by atoms with Gasteiger partial charge in [-0.3, -0.25) is 24.6 Å². The summed E-state index contributed by atoms with van der Waals surface area (Å²) in [5.41, 5.74) is 8.71. The summed E-state index contributed by atoms with van der Waals surface area (Å²) < 4.78 is 15.4. The lowest BCUT2D eigenvalue weighted by atomic mass is 9.91. The number of anilines is 2. The Morgan fingerprint density at radius 1 is 0.844 bits per heavy atom. The van der Waals surface area contributed by atoms with Crippen molar-refractivity contribution in [2.24, 2.45) is 0 Å². The standard InChI is InChI=1S/C16H11FN12O3/c17-6-3-1-5(2-4-6)10(30)7(8-11(31)26-28-13(18)22-24-15(28)20-8)9-12(32)27-29-14(19)23-25-16(29)21-9/h1-4,7H,(H2,18,22)(H2,19,23)(H,26,31)(H,27,32). The van der Waals surface area contributed by atoms with Gasteiger partial charge in [-0.15, -0.1) is 20.4 Å². The maximum atomic E-state index is 13.4. The molecule has 0 saturated heterocycles. The number of nitrogens with one attached hydrogen (secondary N) is 2. The number of nitrogens with zero attached hydrogens (tertiary/aromatic N) is 8. The smallest absolute Gasteiger partial charge is 0.286 e. The van der Waals surface area contributed by atoms with Crippen molar-refractivity contribution in [1.29, 1.82) is 0 Å². The maximum absolute atomic E-state index is 13.4. The number of nitrogens with two attached hydrogens (primary N) is 2. The molecule has 0 aliphatic heterocycles. The van der Waals surface area contributed by atoms with Gasteiger partial charge in [-0.25, -0.2) is 14.4 Å². The summed E-state index contributed by atoms with van der Waals surface area (Å²) in [5, 5.41) is 19.4. The molecule has 0 aliphatic rings. The Hall–Kier alpha value is -5.02. The number of Topliss-reactive ketones (excluding diaryl/α,β-unsaturated/α-hetero) is 1. The summed E-state index contributed by atoms with van der Waals surface area (Å²) in [6.07, 6.45) is 0. The van der Waals surface area contributed by atoms with Crippen molar-refractivity contribution in [3.63, 3.8) is 0 Å². The highest BCUT2D eigenvalue weighted by Gasteiger charge is 2.33. The zero-order valence-electron chi connectivity index (χ0n) is 15.7. The highest BCUT2D eigenvalue weighted by Crippen LogP contribution is 2.23. The second-order valence-corrected chi connectivity index (χ2v) is 6.57. The molecule has 5 aromatic rings. The van der Waals surface area contributed by atoms with E-state index in [-0.39, 0.29) is 29.0 Å². The van der Waals surface area contributed by atoms with E-state index in [4.69, 9.17) is 11.5 Å². The molecule has 4 aromatic heterocycles. The molecule has 5 rings (SSSR count). The Kier molecular flexibility index (Phi) is 4.01. The fraction of sp³-hybridized carbons (Fsp3) is 0.0625. The molecule has 16 heteroatoms. The van der Waals surface area contributed by atoms with Crippen LogP contribution >= 0.6 is 0 Å². The summed E-state index contributed by atoms with van der Waals surface area (Å²) in [5.74, 6) is -3.49. The van der Waals surface area contributed by atoms with Crippen LogP contribution in [-0.2, 0) is 0 Å². The van der Waals surface area contributed by atoms with Crippen LogP contribution in [0.5, 0.6) is 0 Å². The number of rotatable bonds is 4. The number of aromatic amines is 2. The third-order valence-corrected chi connectivity index (χ3v) is 4.61. The molecule has 0 amide bonds. The number of fused-ring (bicyclic) bond motifs is 2. The molecule has 0 atom stereocenters. The van der Waals surface area contributed by atoms with Crippen molar-refractivity contribution in [2.45, 2.75) is 5.92 Å². The van der Waals surface area contributed by atoms with E-state index in [2.05, 4.69) is 40.6 Å². The fourth-order valence-electron chi connectivity index (χ4n) is 3.12. The van der Waals surface area contributed by atoms with Crippen LogP contribution in [0.1, 0.15) is 27.7 Å². The lowest BCUT2D eigenvalue weighted by molar-refractivity contribution is 0.0970. The normalized spacial score (nSPS) is 11.6. The van der Waals surface area contributed by atoms with Gasteiger partial charge in [-0.05, 0) is 24.3 Å². The van der Waals surface area contributed by atoms with Crippen LogP contribution < -0.4 is 22.6 Å².